The molecule has 1 aromatic carbocycles. The van der Waals surface area contributed by atoms with Gasteiger partial charge in [0.25, 0.3) is 0 Å². The summed E-state index contributed by atoms with van der Waals surface area (Å²) in [4.78, 5) is 18.4. The quantitative estimate of drug-likeness (QED) is 0.722. The van der Waals surface area contributed by atoms with Crippen LogP contribution in [0.1, 0.15) is 38.1 Å². The molecule has 0 bridgehead atoms. The molecule has 0 radical (unpaired) electrons. The molecule has 1 heterocycles. The molecule has 5 nitrogen and oxygen atoms in total. The van der Waals surface area contributed by atoms with Gasteiger partial charge in [-0.1, -0.05) is 31.1 Å². The van der Waals surface area contributed by atoms with Gasteiger partial charge in [0.05, 0.1) is 5.56 Å². The summed E-state index contributed by atoms with van der Waals surface area (Å²) in [5.41, 5.74) is -0.516. The maximum absolute atomic E-state index is 12.8. The van der Waals surface area contributed by atoms with Crippen molar-refractivity contribution in [2.45, 2.75) is 39.3 Å². The first kappa shape index (κ1) is 19.4. The van der Waals surface area contributed by atoms with Crippen molar-refractivity contribution in [2.24, 2.45) is 11.8 Å². The lowest BCUT2D eigenvalue weighted by atomic mass is 10.1. The normalized spacial score (nSPS) is 14.6. The molecule has 0 aliphatic heterocycles. The maximum atomic E-state index is 12.8. The summed E-state index contributed by atoms with van der Waals surface area (Å²) in [6.45, 7) is 5.21. The Kier molecular flexibility index (Phi) is 5.53. The number of carbonyl (C=O) groups is 1. The zero-order valence-corrected chi connectivity index (χ0v) is 15.3. The second-order valence-corrected chi connectivity index (χ2v) is 7.29. The van der Waals surface area contributed by atoms with Crippen molar-refractivity contribution in [3.63, 3.8) is 0 Å². The van der Waals surface area contributed by atoms with Crippen molar-refractivity contribution in [2.75, 3.05) is 13.1 Å². The van der Waals surface area contributed by atoms with Gasteiger partial charge in [-0.15, -0.1) is 0 Å². The molecule has 1 aromatic heterocycles. The summed E-state index contributed by atoms with van der Waals surface area (Å²) in [6, 6.07) is 4.81. The van der Waals surface area contributed by atoms with E-state index >= 15 is 0 Å². The highest BCUT2D eigenvalue weighted by Crippen LogP contribution is 2.32. The summed E-state index contributed by atoms with van der Waals surface area (Å²) in [6.07, 6.45) is -2.18. The highest BCUT2D eigenvalue weighted by Gasteiger charge is 2.33. The molecule has 0 atom stereocenters. The number of halogens is 3. The summed E-state index contributed by atoms with van der Waals surface area (Å²) in [5.74, 6) is 1.05. The van der Waals surface area contributed by atoms with Gasteiger partial charge in [0.1, 0.15) is 0 Å². The van der Waals surface area contributed by atoms with Gasteiger partial charge in [0.2, 0.25) is 17.6 Å². The fraction of sp³-hybridized carbons (Fsp3) is 0.526. The fourth-order valence-electron chi connectivity index (χ4n) is 2.86. The van der Waals surface area contributed by atoms with Crippen LogP contribution in [0.4, 0.5) is 13.2 Å². The van der Waals surface area contributed by atoms with E-state index in [-0.39, 0.29) is 23.2 Å². The second kappa shape index (κ2) is 7.70. The molecule has 1 fully saturated rings. The van der Waals surface area contributed by atoms with Crippen molar-refractivity contribution in [3.8, 4) is 11.4 Å². The molecule has 1 saturated carbocycles. The maximum Gasteiger partial charge on any atom is 0.416 e. The first-order chi connectivity index (χ1) is 12.7. The third kappa shape index (κ3) is 5.08. The van der Waals surface area contributed by atoms with Gasteiger partial charge in [-0.05, 0) is 30.9 Å². The van der Waals surface area contributed by atoms with Gasteiger partial charge in [0.15, 0.2) is 0 Å². The summed E-state index contributed by atoms with van der Waals surface area (Å²) < 4.78 is 43.7. The van der Waals surface area contributed by atoms with Crippen LogP contribution in [0.25, 0.3) is 11.4 Å². The smallest absolute Gasteiger partial charge is 0.342 e. The van der Waals surface area contributed by atoms with E-state index in [9.17, 15) is 18.0 Å². The lowest BCUT2D eigenvalue weighted by molar-refractivity contribution is -0.137. The fourth-order valence-corrected chi connectivity index (χ4v) is 2.86. The van der Waals surface area contributed by atoms with Crippen LogP contribution in [0, 0.1) is 11.8 Å². The minimum atomic E-state index is -4.43. The predicted octanol–water partition coefficient (Wildman–Crippen LogP) is 4.19. The zero-order valence-electron chi connectivity index (χ0n) is 15.3. The van der Waals surface area contributed by atoms with Gasteiger partial charge in [-0.25, -0.2) is 0 Å². The molecule has 0 unspecified atom stereocenters. The van der Waals surface area contributed by atoms with E-state index in [0.717, 1.165) is 25.0 Å². The molecule has 1 amide bonds. The van der Waals surface area contributed by atoms with E-state index < -0.39 is 11.7 Å². The van der Waals surface area contributed by atoms with E-state index in [1.165, 1.54) is 12.1 Å². The first-order valence-corrected chi connectivity index (χ1v) is 9.03. The van der Waals surface area contributed by atoms with Crippen LogP contribution in [-0.4, -0.2) is 34.0 Å². The molecule has 2 aromatic rings. The Balaban J connectivity index is 1.67. The third-order valence-corrected chi connectivity index (χ3v) is 4.34. The molecule has 3 rings (SSSR count). The standard InChI is InChI=1S/C19H22F3N3O2/c1-12(2)11-25(18(26)13-6-7-13)9-8-16-23-17(24-27-16)14-4-3-5-15(10-14)19(20,21)22/h3-5,10,12-13H,6-9,11H2,1-2H3. The molecular weight excluding hydrogens is 359 g/mol. The Morgan fingerprint density at radius 1 is 1.33 bits per heavy atom. The Bertz CT molecular complexity index is 797. The predicted molar refractivity (Wildman–Crippen MR) is 92.6 cm³/mol. The van der Waals surface area contributed by atoms with E-state index in [2.05, 4.69) is 10.1 Å². The lowest BCUT2D eigenvalue weighted by Crippen LogP contribution is -2.36. The van der Waals surface area contributed by atoms with Gasteiger partial charge in [0, 0.05) is 31.0 Å². The highest BCUT2D eigenvalue weighted by molar-refractivity contribution is 5.81. The first-order valence-electron chi connectivity index (χ1n) is 9.03. The lowest BCUT2D eigenvalue weighted by Gasteiger charge is -2.24. The monoisotopic (exact) mass is 381 g/mol. The third-order valence-electron chi connectivity index (χ3n) is 4.34. The number of alkyl halides is 3. The highest BCUT2D eigenvalue weighted by atomic mass is 19.4. The van der Waals surface area contributed by atoms with E-state index in [4.69, 9.17) is 4.52 Å². The molecular formula is C19H22F3N3O2. The van der Waals surface area contributed by atoms with Gasteiger partial charge >= 0.3 is 6.18 Å². The Morgan fingerprint density at radius 3 is 2.70 bits per heavy atom. The molecule has 0 saturated heterocycles. The van der Waals surface area contributed by atoms with E-state index in [1.54, 1.807) is 0 Å². The van der Waals surface area contributed by atoms with Crippen LogP contribution in [-0.2, 0) is 17.4 Å². The van der Waals surface area contributed by atoms with Crippen LogP contribution in [0.15, 0.2) is 28.8 Å². The molecule has 0 N–H and O–H groups in total. The van der Waals surface area contributed by atoms with Crippen molar-refractivity contribution in [1.29, 1.82) is 0 Å². The average molecular weight is 381 g/mol. The van der Waals surface area contributed by atoms with E-state index in [1.807, 2.05) is 18.7 Å². The topological polar surface area (TPSA) is 59.2 Å². The van der Waals surface area contributed by atoms with Crippen molar-refractivity contribution < 1.29 is 22.5 Å². The number of benzene rings is 1. The number of rotatable bonds is 7. The van der Waals surface area contributed by atoms with Crippen LogP contribution >= 0.6 is 0 Å². The number of carbonyl (C=O) groups excluding carboxylic acids is 1. The molecule has 27 heavy (non-hydrogen) atoms. The minimum absolute atomic E-state index is 0.111. The largest absolute Gasteiger partial charge is 0.416 e. The Hall–Kier alpha value is -2.38. The van der Waals surface area contributed by atoms with Crippen molar-refractivity contribution in [3.05, 3.63) is 35.7 Å². The van der Waals surface area contributed by atoms with Crippen LogP contribution in [0.5, 0.6) is 0 Å². The molecule has 146 valence electrons. The second-order valence-electron chi connectivity index (χ2n) is 7.29. The number of hydrogen-bond acceptors (Lipinski definition) is 4. The molecule has 0 spiro atoms. The number of aromatic nitrogens is 2. The molecule has 1 aliphatic rings. The van der Waals surface area contributed by atoms with Gasteiger partial charge < -0.3 is 9.42 Å². The van der Waals surface area contributed by atoms with Crippen LogP contribution < -0.4 is 0 Å². The van der Waals surface area contributed by atoms with Gasteiger partial charge in [-0.2, -0.15) is 18.2 Å². The minimum Gasteiger partial charge on any atom is -0.342 e. The van der Waals surface area contributed by atoms with Crippen molar-refractivity contribution >= 4 is 5.91 Å². The number of amides is 1. The summed E-state index contributed by atoms with van der Waals surface area (Å²) in [7, 11) is 0. The zero-order chi connectivity index (χ0) is 19.6. The van der Waals surface area contributed by atoms with Crippen LogP contribution in [0.3, 0.4) is 0 Å². The molecule has 8 heteroatoms. The van der Waals surface area contributed by atoms with Crippen LogP contribution in [0.2, 0.25) is 0 Å². The SMILES string of the molecule is CC(C)CN(CCc1nc(-c2cccc(C(F)(F)F)c2)no1)C(=O)C1CC1. The Morgan fingerprint density at radius 2 is 2.07 bits per heavy atom. The number of nitrogens with zero attached hydrogens (tertiary/aromatic N) is 3. The number of hydrogen-bond donors (Lipinski definition) is 0. The van der Waals surface area contributed by atoms with Crippen molar-refractivity contribution in [1.82, 2.24) is 15.0 Å². The van der Waals surface area contributed by atoms with E-state index in [0.29, 0.717) is 31.3 Å². The summed E-state index contributed by atoms with van der Waals surface area (Å²) in [5, 5.41) is 3.78. The Labute approximate surface area is 155 Å². The summed E-state index contributed by atoms with van der Waals surface area (Å²) >= 11 is 0. The van der Waals surface area contributed by atoms with Gasteiger partial charge in [-0.3, -0.25) is 4.79 Å². The molecule has 1 aliphatic carbocycles. The average Bonchev–Trinajstić information content (AvgIpc) is 3.35.